The van der Waals surface area contributed by atoms with Crippen LogP contribution in [0.4, 0.5) is 5.82 Å². The molecule has 5 heteroatoms. The van der Waals surface area contributed by atoms with Gasteiger partial charge in [-0.15, -0.1) is 0 Å². The average Bonchev–Trinajstić information content (AvgIpc) is 2.73. The Kier molecular flexibility index (Phi) is 5.49. The van der Waals surface area contributed by atoms with E-state index in [2.05, 4.69) is 35.2 Å². The largest absolute Gasteiger partial charge is 0.466 e. The summed E-state index contributed by atoms with van der Waals surface area (Å²) >= 11 is 6.19. The van der Waals surface area contributed by atoms with Crippen LogP contribution in [-0.4, -0.2) is 30.6 Å². The number of carbonyl (C=O) groups excluding carboxylic acids is 1. The standard InChI is InChI=1S/C23H23ClN2O2/c1-2-28-23(27)17-11-13-26(14-12-17)21-10-9-16-5-4-8-20(22(16)25-21)18-6-3-7-19(24)15-18/h3-10,15,17H,2,11-14H2,1H3. The molecule has 144 valence electrons. The number of aromatic nitrogens is 1. The number of benzene rings is 2. The lowest BCUT2D eigenvalue weighted by Crippen LogP contribution is -2.37. The summed E-state index contributed by atoms with van der Waals surface area (Å²) in [5.74, 6) is 0.875. The van der Waals surface area contributed by atoms with E-state index < -0.39 is 0 Å². The number of ether oxygens (including phenoxy) is 1. The van der Waals surface area contributed by atoms with Crippen molar-refractivity contribution in [2.24, 2.45) is 5.92 Å². The van der Waals surface area contributed by atoms with Crippen LogP contribution in [0.15, 0.2) is 54.6 Å². The number of carbonyl (C=O) groups is 1. The molecule has 4 nitrogen and oxygen atoms in total. The van der Waals surface area contributed by atoms with Crippen molar-refractivity contribution in [3.05, 3.63) is 59.6 Å². The van der Waals surface area contributed by atoms with E-state index in [4.69, 9.17) is 21.3 Å². The van der Waals surface area contributed by atoms with E-state index in [9.17, 15) is 4.79 Å². The van der Waals surface area contributed by atoms with Gasteiger partial charge in [-0.05, 0) is 49.6 Å². The minimum Gasteiger partial charge on any atom is -0.466 e. The molecule has 28 heavy (non-hydrogen) atoms. The maximum absolute atomic E-state index is 12.0. The van der Waals surface area contributed by atoms with Gasteiger partial charge in [0.25, 0.3) is 0 Å². The molecule has 0 N–H and O–H groups in total. The Morgan fingerprint density at radius 2 is 1.93 bits per heavy atom. The molecule has 0 spiro atoms. The fourth-order valence-electron chi connectivity index (χ4n) is 3.81. The van der Waals surface area contributed by atoms with Gasteiger partial charge in [-0.25, -0.2) is 4.98 Å². The van der Waals surface area contributed by atoms with Crippen LogP contribution >= 0.6 is 11.6 Å². The number of rotatable bonds is 4. The van der Waals surface area contributed by atoms with Crippen molar-refractivity contribution in [3.63, 3.8) is 0 Å². The van der Waals surface area contributed by atoms with Crippen LogP contribution < -0.4 is 4.90 Å². The molecule has 1 aromatic heterocycles. The first-order valence-corrected chi connectivity index (χ1v) is 10.1. The van der Waals surface area contributed by atoms with Crippen LogP contribution in [0.2, 0.25) is 5.02 Å². The minimum absolute atomic E-state index is 0.00122. The molecule has 1 saturated heterocycles. The number of esters is 1. The molecule has 0 bridgehead atoms. The highest BCUT2D eigenvalue weighted by Gasteiger charge is 2.26. The second-order valence-corrected chi connectivity index (χ2v) is 7.51. The Bertz CT molecular complexity index is 997. The van der Waals surface area contributed by atoms with Gasteiger partial charge < -0.3 is 9.64 Å². The summed E-state index contributed by atoms with van der Waals surface area (Å²) in [4.78, 5) is 19.2. The zero-order valence-corrected chi connectivity index (χ0v) is 16.7. The molecule has 0 atom stereocenters. The third-order valence-corrected chi connectivity index (χ3v) is 5.52. The van der Waals surface area contributed by atoms with Crippen LogP contribution in [0.1, 0.15) is 19.8 Å². The van der Waals surface area contributed by atoms with Crippen LogP contribution in [-0.2, 0) is 9.53 Å². The molecule has 3 aromatic rings. The summed E-state index contributed by atoms with van der Waals surface area (Å²) in [7, 11) is 0. The van der Waals surface area contributed by atoms with Gasteiger partial charge in [-0.2, -0.15) is 0 Å². The quantitative estimate of drug-likeness (QED) is 0.560. The van der Waals surface area contributed by atoms with Crippen molar-refractivity contribution in [3.8, 4) is 11.1 Å². The molecule has 4 rings (SSSR count). The van der Waals surface area contributed by atoms with Gasteiger partial charge in [0.05, 0.1) is 18.0 Å². The van der Waals surface area contributed by atoms with Gasteiger partial charge in [-0.1, -0.05) is 41.9 Å². The molecule has 0 unspecified atom stereocenters. The summed E-state index contributed by atoms with van der Waals surface area (Å²) < 4.78 is 5.17. The van der Waals surface area contributed by atoms with Crippen molar-refractivity contribution in [1.82, 2.24) is 4.98 Å². The normalized spacial score (nSPS) is 15.0. The summed E-state index contributed by atoms with van der Waals surface area (Å²) in [6, 6.07) is 18.2. The number of piperidine rings is 1. The van der Waals surface area contributed by atoms with E-state index in [1.165, 1.54) is 0 Å². The van der Waals surface area contributed by atoms with E-state index in [1.54, 1.807) is 0 Å². The Morgan fingerprint density at radius 3 is 2.68 bits per heavy atom. The van der Waals surface area contributed by atoms with Crippen molar-refractivity contribution < 1.29 is 9.53 Å². The van der Waals surface area contributed by atoms with Gasteiger partial charge in [0.15, 0.2) is 0 Å². The molecule has 0 aliphatic carbocycles. The van der Waals surface area contributed by atoms with Crippen molar-refractivity contribution in [2.45, 2.75) is 19.8 Å². The average molecular weight is 395 g/mol. The fraction of sp³-hybridized carbons (Fsp3) is 0.304. The maximum atomic E-state index is 12.0. The van der Waals surface area contributed by atoms with Gasteiger partial charge >= 0.3 is 5.97 Å². The first-order valence-electron chi connectivity index (χ1n) is 9.73. The predicted molar refractivity (Wildman–Crippen MR) is 114 cm³/mol. The second kappa shape index (κ2) is 8.19. The lowest BCUT2D eigenvalue weighted by Gasteiger charge is -2.31. The summed E-state index contributed by atoms with van der Waals surface area (Å²) in [6.07, 6.45) is 1.60. The summed E-state index contributed by atoms with van der Waals surface area (Å²) in [6.45, 7) is 3.91. The van der Waals surface area contributed by atoms with E-state index >= 15 is 0 Å². The van der Waals surface area contributed by atoms with E-state index in [-0.39, 0.29) is 11.9 Å². The number of halogens is 1. The van der Waals surface area contributed by atoms with Crippen molar-refractivity contribution in [2.75, 3.05) is 24.6 Å². The molecule has 0 amide bonds. The SMILES string of the molecule is CCOC(=O)C1CCN(c2ccc3cccc(-c4cccc(Cl)c4)c3n2)CC1. The fourth-order valence-corrected chi connectivity index (χ4v) is 4.00. The number of fused-ring (bicyclic) bond motifs is 1. The third-order valence-electron chi connectivity index (χ3n) is 5.28. The topological polar surface area (TPSA) is 42.4 Å². The molecule has 0 radical (unpaired) electrons. The number of pyridine rings is 1. The van der Waals surface area contributed by atoms with E-state index in [0.29, 0.717) is 11.6 Å². The van der Waals surface area contributed by atoms with E-state index in [0.717, 1.165) is 53.8 Å². The van der Waals surface area contributed by atoms with Crippen molar-refractivity contribution >= 4 is 34.3 Å². The Morgan fingerprint density at radius 1 is 1.14 bits per heavy atom. The maximum Gasteiger partial charge on any atom is 0.309 e. The van der Waals surface area contributed by atoms with Crippen LogP contribution in [0.5, 0.6) is 0 Å². The molecular formula is C23H23ClN2O2. The number of anilines is 1. The number of hydrogen-bond donors (Lipinski definition) is 0. The molecular weight excluding hydrogens is 372 g/mol. The molecule has 1 fully saturated rings. The lowest BCUT2D eigenvalue weighted by atomic mass is 9.97. The summed E-state index contributed by atoms with van der Waals surface area (Å²) in [5.41, 5.74) is 3.10. The van der Waals surface area contributed by atoms with Crippen LogP contribution in [0, 0.1) is 5.92 Å². The highest BCUT2D eigenvalue weighted by Crippen LogP contribution is 2.31. The van der Waals surface area contributed by atoms with Gasteiger partial charge in [0.2, 0.25) is 0 Å². The molecule has 0 saturated carbocycles. The van der Waals surface area contributed by atoms with Crippen molar-refractivity contribution in [1.29, 1.82) is 0 Å². The van der Waals surface area contributed by atoms with Crippen LogP contribution in [0.25, 0.3) is 22.0 Å². The second-order valence-electron chi connectivity index (χ2n) is 7.07. The zero-order valence-electron chi connectivity index (χ0n) is 15.9. The minimum atomic E-state index is -0.0723. The smallest absolute Gasteiger partial charge is 0.309 e. The molecule has 1 aliphatic rings. The highest BCUT2D eigenvalue weighted by molar-refractivity contribution is 6.30. The first kappa shape index (κ1) is 18.8. The predicted octanol–water partition coefficient (Wildman–Crippen LogP) is 5.33. The first-order chi connectivity index (χ1) is 13.7. The Hall–Kier alpha value is -2.59. The van der Waals surface area contributed by atoms with Gasteiger partial charge in [0.1, 0.15) is 5.82 Å². The molecule has 2 heterocycles. The van der Waals surface area contributed by atoms with E-state index in [1.807, 2.05) is 31.2 Å². The highest BCUT2D eigenvalue weighted by atomic mass is 35.5. The van der Waals surface area contributed by atoms with Gasteiger partial charge in [-0.3, -0.25) is 4.79 Å². The number of nitrogens with zero attached hydrogens (tertiary/aromatic N) is 2. The Labute approximate surface area is 170 Å². The third kappa shape index (κ3) is 3.83. The molecule has 2 aromatic carbocycles. The zero-order chi connectivity index (χ0) is 19.5. The van der Waals surface area contributed by atoms with Crippen LogP contribution in [0.3, 0.4) is 0 Å². The lowest BCUT2D eigenvalue weighted by molar-refractivity contribution is -0.148. The Balaban J connectivity index is 1.62. The number of hydrogen-bond acceptors (Lipinski definition) is 4. The van der Waals surface area contributed by atoms with Gasteiger partial charge in [0, 0.05) is 29.1 Å². The number of para-hydroxylation sites is 1. The molecule has 1 aliphatic heterocycles. The summed E-state index contributed by atoms with van der Waals surface area (Å²) in [5, 5.41) is 1.81. The monoisotopic (exact) mass is 394 g/mol.